The van der Waals surface area contributed by atoms with Crippen molar-refractivity contribution in [3.8, 4) is 0 Å². The second kappa shape index (κ2) is 5.55. The van der Waals surface area contributed by atoms with E-state index in [0.29, 0.717) is 13.0 Å². The first-order valence-electron chi connectivity index (χ1n) is 6.59. The Morgan fingerprint density at radius 3 is 2.25 bits per heavy atom. The molecule has 2 aromatic rings. The Labute approximate surface area is 123 Å². The van der Waals surface area contributed by atoms with E-state index in [2.05, 4.69) is 5.32 Å². The summed E-state index contributed by atoms with van der Waals surface area (Å²) in [5.74, 6) is 0.0915. The Balaban J connectivity index is 1.73. The van der Waals surface area contributed by atoms with Crippen LogP contribution in [0.15, 0.2) is 54.6 Å². The van der Waals surface area contributed by atoms with E-state index in [1.807, 2.05) is 54.6 Å². The number of carbonyl (C=O) groups excluding carboxylic acids is 1. The van der Waals surface area contributed by atoms with Crippen molar-refractivity contribution < 1.29 is 4.79 Å². The Kier molecular flexibility index (Phi) is 3.61. The van der Waals surface area contributed by atoms with Gasteiger partial charge in [0.1, 0.15) is 0 Å². The Morgan fingerprint density at radius 1 is 1.00 bits per heavy atom. The average molecular weight is 287 g/mol. The van der Waals surface area contributed by atoms with Crippen molar-refractivity contribution in [3.05, 3.63) is 54.6 Å². The molecule has 1 fully saturated rings. The summed E-state index contributed by atoms with van der Waals surface area (Å²) >= 11 is 6.02. The van der Waals surface area contributed by atoms with Gasteiger partial charge in [0.05, 0.1) is 5.38 Å². The van der Waals surface area contributed by atoms with Crippen molar-refractivity contribution >= 4 is 34.6 Å². The summed E-state index contributed by atoms with van der Waals surface area (Å²) in [5, 5.41) is 3.23. The summed E-state index contributed by atoms with van der Waals surface area (Å²) in [5.41, 5.74) is 2.93. The highest BCUT2D eigenvalue weighted by molar-refractivity contribution is 6.24. The third-order valence-electron chi connectivity index (χ3n) is 3.32. The highest BCUT2D eigenvalue weighted by Gasteiger charge is 2.28. The highest BCUT2D eigenvalue weighted by Crippen LogP contribution is 2.26. The van der Waals surface area contributed by atoms with Crippen LogP contribution in [-0.2, 0) is 4.79 Å². The van der Waals surface area contributed by atoms with Crippen molar-refractivity contribution in [2.24, 2.45) is 0 Å². The molecule has 0 bridgehead atoms. The molecule has 1 aliphatic heterocycles. The molecule has 0 radical (unpaired) electrons. The van der Waals surface area contributed by atoms with Crippen LogP contribution in [0.1, 0.15) is 6.42 Å². The van der Waals surface area contributed by atoms with Crippen LogP contribution in [-0.4, -0.2) is 17.8 Å². The third kappa shape index (κ3) is 2.78. The topological polar surface area (TPSA) is 32.3 Å². The number of halogens is 1. The molecule has 1 amide bonds. The zero-order valence-corrected chi connectivity index (χ0v) is 11.7. The second-order valence-electron chi connectivity index (χ2n) is 4.84. The number of benzene rings is 2. The molecule has 3 rings (SSSR count). The SMILES string of the molecule is O=C1CC(Cl)CN1c1ccc(Nc2ccccc2)cc1. The number of alkyl halides is 1. The van der Waals surface area contributed by atoms with E-state index in [4.69, 9.17) is 11.6 Å². The van der Waals surface area contributed by atoms with E-state index in [1.165, 1.54) is 0 Å². The van der Waals surface area contributed by atoms with Gasteiger partial charge in [-0.1, -0.05) is 18.2 Å². The van der Waals surface area contributed by atoms with Gasteiger partial charge in [0, 0.05) is 30.0 Å². The van der Waals surface area contributed by atoms with Crippen molar-refractivity contribution in [3.63, 3.8) is 0 Å². The van der Waals surface area contributed by atoms with Gasteiger partial charge in [0.15, 0.2) is 0 Å². The Morgan fingerprint density at radius 2 is 1.65 bits per heavy atom. The summed E-state index contributed by atoms with van der Waals surface area (Å²) in [6, 6.07) is 17.8. The fraction of sp³-hybridized carbons (Fsp3) is 0.188. The molecule has 1 N–H and O–H groups in total. The van der Waals surface area contributed by atoms with Gasteiger partial charge in [-0.3, -0.25) is 4.79 Å². The molecule has 4 heteroatoms. The maximum absolute atomic E-state index is 11.8. The molecule has 0 aromatic heterocycles. The summed E-state index contributed by atoms with van der Waals surface area (Å²) in [4.78, 5) is 13.5. The lowest BCUT2D eigenvalue weighted by Crippen LogP contribution is -2.24. The molecule has 1 atom stereocenters. The van der Waals surface area contributed by atoms with Crippen LogP contribution >= 0.6 is 11.6 Å². The number of para-hydroxylation sites is 1. The molecule has 0 spiro atoms. The predicted molar refractivity (Wildman–Crippen MR) is 82.8 cm³/mol. The van der Waals surface area contributed by atoms with Crippen molar-refractivity contribution in [2.45, 2.75) is 11.8 Å². The maximum atomic E-state index is 11.8. The van der Waals surface area contributed by atoms with Crippen molar-refractivity contribution in [2.75, 3.05) is 16.8 Å². The van der Waals surface area contributed by atoms with E-state index < -0.39 is 0 Å². The molecule has 20 heavy (non-hydrogen) atoms. The molecule has 1 unspecified atom stereocenters. The van der Waals surface area contributed by atoms with Gasteiger partial charge in [-0.2, -0.15) is 0 Å². The van der Waals surface area contributed by atoms with E-state index >= 15 is 0 Å². The zero-order valence-electron chi connectivity index (χ0n) is 10.9. The Hall–Kier alpha value is -2.00. The number of hydrogen-bond donors (Lipinski definition) is 1. The van der Waals surface area contributed by atoms with Crippen LogP contribution in [0.3, 0.4) is 0 Å². The van der Waals surface area contributed by atoms with E-state index in [-0.39, 0.29) is 11.3 Å². The minimum atomic E-state index is -0.0791. The van der Waals surface area contributed by atoms with Crippen LogP contribution < -0.4 is 10.2 Å². The van der Waals surface area contributed by atoms with E-state index in [0.717, 1.165) is 17.1 Å². The second-order valence-corrected chi connectivity index (χ2v) is 5.46. The van der Waals surface area contributed by atoms with Gasteiger partial charge in [-0.15, -0.1) is 11.6 Å². The van der Waals surface area contributed by atoms with Crippen LogP contribution in [0.25, 0.3) is 0 Å². The molecular formula is C16H15ClN2O. The summed E-state index contributed by atoms with van der Waals surface area (Å²) < 4.78 is 0. The lowest BCUT2D eigenvalue weighted by molar-refractivity contribution is -0.117. The van der Waals surface area contributed by atoms with Crippen molar-refractivity contribution in [1.82, 2.24) is 0 Å². The van der Waals surface area contributed by atoms with Gasteiger partial charge in [-0.25, -0.2) is 0 Å². The lowest BCUT2D eigenvalue weighted by Gasteiger charge is -2.16. The quantitative estimate of drug-likeness (QED) is 0.871. The first kappa shape index (κ1) is 13.0. The van der Waals surface area contributed by atoms with E-state index in [9.17, 15) is 4.79 Å². The molecule has 1 aliphatic rings. The zero-order chi connectivity index (χ0) is 13.9. The smallest absolute Gasteiger partial charge is 0.228 e. The van der Waals surface area contributed by atoms with Gasteiger partial charge >= 0.3 is 0 Å². The highest BCUT2D eigenvalue weighted by atomic mass is 35.5. The van der Waals surface area contributed by atoms with Gasteiger partial charge < -0.3 is 10.2 Å². The third-order valence-corrected chi connectivity index (χ3v) is 3.61. The Bertz CT molecular complexity index is 598. The number of nitrogens with one attached hydrogen (secondary N) is 1. The van der Waals surface area contributed by atoms with Gasteiger partial charge in [0.2, 0.25) is 5.91 Å². The standard InChI is InChI=1S/C16H15ClN2O/c17-12-10-16(20)19(11-12)15-8-6-14(7-9-15)18-13-4-2-1-3-5-13/h1-9,12,18H,10-11H2. The number of carbonyl (C=O) groups is 1. The summed E-state index contributed by atoms with van der Waals surface area (Å²) in [6.07, 6.45) is 0.422. The van der Waals surface area contributed by atoms with Crippen molar-refractivity contribution in [1.29, 1.82) is 0 Å². The fourth-order valence-corrected chi connectivity index (χ4v) is 2.60. The molecule has 3 nitrogen and oxygen atoms in total. The number of nitrogens with zero attached hydrogens (tertiary/aromatic N) is 1. The number of hydrogen-bond acceptors (Lipinski definition) is 2. The predicted octanol–water partition coefficient (Wildman–Crippen LogP) is 3.77. The number of amides is 1. The fourth-order valence-electron chi connectivity index (χ4n) is 2.33. The molecule has 1 heterocycles. The minimum Gasteiger partial charge on any atom is -0.356 e. The summed E-state index contributed by atoms with van der Waals surface area (Å²) in [7, 11) is 0. The van der Waals surface area contributed by atoms with Crippen LogP contribution in [0.4, 0.5) is 17.1 Å². The van der Waals surface area contributed by atoms with Crippen LogP contribution in [0.2, 0.25) is 0 Å². The average Bonchev–Trinajstić information content (AvgIpc) is 2.80. The van der Waals surface area contributed by atoms with Crippen LogP contribution in [0.5, 0.6) is 0 Å². The normalized spacial score (nSPS) is 18.4. The van der Waals surface area contributed by atoms with Gasteiger partial charge in [-0.05, 0) is 36.4 Å². The first-order valence-corrected chi connectivity index (χ1v) is 7.02. The summed E-state index contributed by atoms with van der Waals surface area (Å²) in [6.45, 7) is 0.589. The molecule has 2 aromatic carbocycles. The number of rotatable bonds is 3. The molecular weight excluding hydrogens is 272 g/mol. The molecule has 0 saturated carbocycles. The molecule has 1 saturated heterocycles. The van der Waals surface area contributed by atoms with Gasteiger partial charge in [0.25, 0.3) is 0 Å². The monoisotopic (exact) mass is 286 g/mol. The maximum Gasteiger partial charge on any atom is 0.228 e. The van der Waals surface area contributed by atoms with Crippen LogP contribution in [0, 0.1) is 0 Å². The molecule has 102 valence electrons. The molecule has 0 aliphatic carbocycles. The first-order chi connectivity index (χ1) is 9.72. The number of anilines is 3. The largest absolute Gasteiger partial charge is 0.356 e. The minimum absolute atomic E-state index is 0.0791. The van der Waals surface area contributed by atoms with E-state index in [1.54, 1.807) is 4.90 Å². The lowest BCUT2D eigenvalue weighted by atomic mass is 10.2.